The van der Waals surface area contributed by atoms with Crippen molar-refractivity contribution in [2.75, 3.05) is 0 Å². The minimum absolute atomic E-state index is 0. The molecular formula is C7H8N4. The van der Waals surface area contributed by atoms with Crippen molar-refractivity contribution in [3.05, 3.63) is 17.2 Å². The molecule has 0 saturated heterocycles. The third-order valence-electron chi connectivity index (χ3n) is 1.04. The second-order valence-electron chi connectivity index (χ2n) is 1.77. The molecule has 0 radical (unpaired) electrons. The van der Waals surface area contributed by atoms with Crippen LogP contribution in [-0.4, -0.2) is 9.97 Å². The third kappa shape index (κ3) is 1.56. The number of rotatable bonds is 0. The summed E-state index contributed by atoms with van der Waals surface area (Å²) >= 11 is 0. The van der Waals surface area contributed by atoms with Crippen LogP contribution >= 0.6 is 0 Å². The Morgan fingerprint density at radius 1 is 1.36 bits per heavy atom. The Morgan fingerprint density at radius 3 is 2.36 bits per heavy atom. The second-order valence-corrected chi connectivity index (χ2v) is 1.77. The summed E-state index contributed by atoms with van der Waals surface area (Å²) in [7, 11) is 0. The van der Waals surface area contributed by atoms with Crippen LogP contribution in [0.2, 0.25) is 0 Å². The number of H-pyrrole nitrogens is 1. The molecule has 1 N–H and O–H groups in total. The average molecular weight is 148 g/mol. The largest absolute Gasteiger partial charge is 0.333 e. The van der Waals surface area contributed by atoms with Gasteiger partial charge in [0.05, 0.1) is 0 Å². The van der Waals surface area contributed by atoms with E-state index in [1.165, 1.54) is 0 Å². The maximum Gasteiger partial charge on any atom is 0.176 e. The van der Waals surface area contributed by atoms with Crippen LogP contribution in [0.1, 0.15) is 24.6 Å². The molecule has 1 aromatic rings. The first-order chi connectivity index (χ1) is 4.77. The van der Waals surface area contributed by atoms with Gasteiger partial charge in [-0.25, -0.2) is 4.98 Å². The molecular weight excluding hydrogens is 140 g/mol. The van der Waals surface area contributed by atoms with Gasteiger partial charge in [-0.15, -0.1) is 0 Å². The molecule has 1 heterocycles. The van der Waals surface area contributed by atoms with E-state index >= 15 is 0 Å². The lowest BCUT2D eigenvalue weighted by atomic mass is 10.4. The Balaban J connectivity index is 0.000001000. The molecule has 0 aliphatic heterocycles. The molecule has 0 aromatic carbocycles. The quantitative estimate of drug-likeness (QED) is 0.598. The molecule has 4 heteroatoms. The highest BCUT2D eigenvalue weighted by atomic mass is 14.9. The van der Waals surface area contributed by atoms with Crippen LogP contribution in [0.5, 0.6) is 0 Å². The van der Waals surface area contributed by atoms with E-state index in [4.69, 9.17) is 10.5 Å². The Hall–Kier alpha value is -1.81. The molecule has 0 fully saturated rings. The monoisotopic (exact) mass is 148 g/mol. The molecule has 0 unspecified atom stereocenters. The lowest BCUT2D eigenvalue weighted by Crippen LogP contribution is -1.77. The Labute approximate surface area is 65.1 Å². The molecule has 0 spiro atoms. The van der Waals surface area contributed by atoms with E-state index in [0.717, 1.165) is 0 Å². The lowest BCUT2D eigenvalue weighted by Gasteiger charge is -1.73. The molecule has 0 bridgehead atoms. The smallest absolute Gasteiger partial charge is 0.176 e. The van der Waals surface area contributed by atoms with Crippen molar-refractivity contribution in [2.24, 2.45) is 0 Å². The molecule has 0 atom stereocenters. The average Bonchev–Trinajstić information content (AvgIpc) is 2.30. The van der Waals surface area contributed by atoms with Crippen molar-refractivity contribution in [1.29, 1.82) is 10.5 Å². The first-order valence-corrected chi connectivity index (χ1v) is 2.64. The van der Waals surface area contributed by atoms with Crippen LogP contribution in [0, 0.1) is 29.6 Å². The number of aromatic nitrogens is 2. The number of nitrogens with zero attached hydrogens (tertiary/aromatic N) is 3. The third-order valence-corrected chi connectivity index (χ3v) is 1.04. The maximum atomic E-state index is 8.39. The molecule has 0 aliphatic rings. The normalized spacial score (nSPS) is 7.55. The van der Waals surface area contributed by atoms with Gasteiger partial charge in [-0.2, -0.15) is 10.5 Å². The molecule has 4 nitrogen and oxygen atoms in total. The number of aryl methyl sites for hydroxylation is 1. The Morgan fingerprint density at radius 2 is 2.00 bits per heavy atom. The predicted molar refractivity (Wildman–Crippen MR) is 39.5 cm³/mol. The van der Waals surface area contributed by atoms with Crippen molar-refractivity contribution < 1.29 is 0 Å². The van der Waals surface area contributed by atoms with Gasteiger partial charge in [-0.3, -0.25) is 0 Å². The zero-order valence-corrected chi connectivity index (χ0v) is 5.34. The topological polar surface area (TPSA) is 76.3 Å². The van der Waals surface area contributed by atoms with E-state index < -0.39 is 0 Å². The van der Waals surface area contributed by atoms with Crippen LogP contribution in [0.3, 0.4) is 0 Å². The summed E-state index contributed by atoms with van der Waals surface area (Å²) in [4.78, 5) is 6.41. The zero-order chi connectivity index (χ0) is 7.56. The number of hydrogen-bond donors (Lipinski definition) is 1. The summed E-state index contributed by atoms with van der Waals surface area (Å²) in [5.41, 5.74) is 0.403. The zero-order valence-electron chi connectivity index (χ0n) is 5.34. The van der Waals surface area contributed by atoms with Crippen LogP contribution in [0.25, 0.3) is 0 Å². The minimum Gasteiger partial charge on any atom is -0.333 e. The van der Waals surface area contributed by atoms with Crippen LogP contribution in [0.15, 0.2) is 0 Å². The first kappa shape index (κ1) is 9.19. The van der Waals surface area contributed by atoms with Gasteiger partial charge < -0.3 is 4.98 Å². The van der Waals surface area contributed by atoms with Crippen molar-refractivity contribution in [3.63, 3.8) is 0 Å². The second kappa shape index (κ2) is 3.38. The number of imidazole rings is 1. The number of nitrogens with one attached hydrogen (secondary N) is 1. The fourth-order valence-electron chi connectivity index (χ4n) is 0.653. The van der Waals surface area contributed by atoms with Gasteiger partial charge in [0, 0.05) is 0 Å². The molecule has 0 aliphatic carbocycles. The van der Waals surface area contributed by atoms with Crippen LogP contribution < -0.4 is 0 Å². The number of hydrogen-bond acceptors (Lipinski definition) is 3. The summed E-state index contributed by atoms with van der Waals surface area (Å²) in [6.07, 6.45) is 0. The van der Waals surface area contributed by atoms with E-state index in [1.807, 2.05) is 6.07 Å². The van der Waals surface area contributed by atoms with E-state index in [-0.39, 0.29) is 18.8 Å². The first-order valence-electron chi connectivity index (χ1n) is 2.64. The highest BCUT2D eigenvalue weighted by Crippen LogP contribution is 2.00. The fourth-order valence-corrected chi connectivity index (χ4v) is 0.653. The van der Waals surface area contributed by atoms with E-state index in [2.05, 4.69) is 9.97 Å². The van der Waals surface area contributed by atoms with Crippen LogP contribution in [-0.2, 0) is 0 Å². The van der Waals surface area contributed by atoms with Gasteiger partial charge in [0.15, 0.2) is 11.4 Å². The number of nitriles is 2. The fraction of sp³-hybridized carbons (Fsp3) is 0.286. The van der Waals surface area contributed by atoms with Gasteiger partial charge in [0.2, 0.25) is 0 Å². The Kier molecular flexibility index (Phi) is 2.82. The highest BCUT2D eigenvalue weighted by Gasteiger charge is 2.04. The van der Waals surface area contributed by atoms with Crippen molar-refractivity contribution >= 4 is 0 Å². The molecule has 1 aromatic heterocycles. The van der Waals surface area contributed by atoms with Crippen molar-refractivity contribution in [1.82, 2.24) is 9.97 Å². The van der Waals surface area contributed by atoms with E-state index in [0.29, 0.717) is 5.82 Å². The van der Waals surface area contributed by atoms with Crippen LogP contribution in [0.4, 0.5) is 0 Å². The van der Waals surface area contributed by atoms with Gasteiger partial charge in [-0.1, -0.05) is 7.43 Å². The summed E-state index contributed by atoms with van der Waals surface area (Å²) in [6.45, 7) is 1.70. The summed E-state index contributed by atoms with van der Waals surface area (Å²) in [5.74, 6) is 0.591. The Bertz CT molecular complexity index is 292. The molecule has 0 amide bonds. The lowest BCUT2D eigenvalue weighted by molar-refractivity contribution is 1.14. The van der Waals surface area contributed by atoms with Gasteiger partial charge in [-0.05, 0) is 6.92 Å². The minimum atomic E-state index is 0. The van der Waals surface area contributed by atoms with Crippen molar-refractivity contribution in [3.8, 4) is 12.1 Å². The molecule has 0 saturated carbocycles. The van der Waals surface area contributed by atoms with Crippen molar-refractivity contribution in [2.45, 2.75) is 14.4 Å². The number of aromatic amines is 1. The molecule has 1 rings (SSSR count). The molecule has 56 valence electrons. The standard InChI is InChI=1S/C6H4N4.CH4/c1-4-9-5(2-7)6(3-8)10-4;/h1H3,(H,9,10);1H4. The summed E-state index contributed by atoms with van der Waals surface area (Å²) < 4.78 is 0. The summed E-state index contributed by atoms with van der Waals surface area (Å²) in [5, 5.41) is 16.8. The highest BCUT2D eigenvalue weighted by molar-refractivity contribution is 5.35. The van der Waals surface area contributed by atoms with E-state index in [1.54, 1.807) is 13.0 Å². The molecule has 11 heavy (non-hydrogen) atoms. The predicted octanol–water partition coefficient (Wildman–Crippen LogP) is 1.10. The SMILES string of the molecule is C.Cc1nc(C#N)c(C#N)[nH]1. The van der Waals surface area contributed by atoms with Gasteiger partial charge >= 0.3 is 0 Å². The summed E-state index contributed by atoms with van der Waals surface area (Å²) in [6, 6.07) is 3.63. The maximum absolute atomic E-state index is 8.39. The van der Waals surface area contributed by atoms with Gasteiger partial charge in [0.1, 0.15) is 18.0 Å². The van der Waals surface area contributed by atoms with E-state index in [9.17, 15) is 0 Å². The van der Waals surface area contributed by atoms with Gasteiger partial charge in [0.25, 0.3) is 0 Å².